The Hall–Kier alpha value is -1.88. The van der Waals surface area contributed by atoms with Crippen LogP contribution < -0.4 is 0 Å². The molecule has 23 heavy (non-hydrogen) atoms. The SMILES string of the molecule is O=C(CC1CCN(C(=O)Cc2ccccc2)C1)N1CCOCC1. The standard InChI is InChI=1S/C18H24N2O3/c21-17(19-8-10-23-11-9-19)13-16-6-7-20(14-16)18(22)12-15-4-2-1-3-5-15/h1-5,16H,6-14H2. The number of amides is 2. The van der Waals surface area contributed by atoms with Crippen molar-refractivity contribution in [2.24, 2.45) is 5.92 Å². The van der Waals surface area contributed by atoms with Crippen LogP contribution in [0.2, 0.25) is 0 Å². The highest BCUT2D eigenvalue weighted by atomic mass is 16.5. The molecule has 2 aliphatic rings. The summed E-state index contributed by atoms with van der Waals surface area (Å²) in [6.45, 7) is 4.15. The van der Waals surface area contributed by atoms with Gasteiger partial charge in [-0.15, -0.1) is 0 Å². The molecule has 5 nitrogen and oxygen atoms in total. The van der Waals surface area contributed by atoms with Crippen LogP contribution in [0.1, 0.15) is 18.4 Å². The Balaban J connectivity index is 1.46. The molecule has 1 aromatic carbocycles. The first-order valence-electron chi connectivity index (χ1n) is 8.39. The molecule has 0 aliphatic carbocycles. The maximum absolute atomic E-state index is 12.4. The van der Waals surface area contributed by atoms with Crippen LogP contribution in [0, 0.1) is 5.92 Å². The molecule has 2 saturated heterocycles. The summed E-state index contributed by atoms with van der Waals surface area (Å²) < 4.78 is 5.28. The minimum Gasteiger partial charge on any atom is -0.378 e. The van der Waals surface area contributed by atoms with Crippen LogP contribution >= 0.6 is 0 Å². The average Bonchev–Trinajstić information content (AvgIpc) is 3.05. The van der Waals surface area contributed by atoms with Crippen LogP contribution in [0.3, 0.4) is 0 Å². The van der Waals surface area contributed by atoms with E-state index < -0.39 is 0 Å². The van der Waals surface area contributed by atoms with Crippen LogP contribution in [0.5, 0.6) is 0 Å². The molecular formula is C18H24N2O3. The third-order valence-corrected chi connectivity index (χ3v) is 4.66. The van der Waals surface area contributed by atoms with Crippen molar-refractivity contribution in [3.05, 3.63) is 35.9 Å². The molecule has 2 heterocycles. The Morgan fingerprint density at radius 1 is 1.00 bits per heavy atom. The molecule has 0 bridgehead atoms. The summed E-state index contributed by atoms with van der Waals surface area (Å²) in [7, 11) is 0. The van der Waals surface area contributed by atoms with E-state index in [1.807, 2.05) is 40.1 Å². The van der Waals surface area contributed by atoms with Crippen LogP contribution in [-0.4, -0.2) is 61.0 Å². The van der Waals surface area contributed by atoms with E-state index in [0.29, 0.717) is 51.6 Å². The van der Waals surface area contributed by atoms with Gasteiger partial charge in [0.2, 0.25) is 11.8 Å². The van der Waals surface area contributed by atoms with Crippen LogP contribution in [0.25, 0.3) is 0 Å². The van der Waals surface area contributed by atoms with Gasteiger partial charge in [-0.2, -0.15) is 0 Å². The monoisotopic (exact) mass is 316 g/mol. The minimum atomic E-state index is 0.164. The fourth-order valence-electron chi connectivity index (χ4n) is 3.30. The van der Waals surface area contributed by atoms with E-state index in [2.05, 4.69) is 0 Å². The van der Waals surface area contributed by atoms with E-state index in [0.717, 1.165) is 18.5 Å². The summed E-state index contributed by atoms with van der Waals surface area (Å²) in [5.74, 6) is 0.665. The Morgan fingerprint density at radius 2 is 1.74 bits per heavy atom. The zero-order valence-electron chi connectivity index (χ0n) is 13.4. The fraction of sp³-hybridized carbons (Fsp3) is 0.556. The largest absolute Gasteiger partial charge is 0.378 e. The Kier molecular flexibility index (Phi) is 5.28. The highest BCUT2D eigenvalue weighted by molar-refractivity contribution is 5.79. The Labute approximate surface area is 137 Å². The number of carbonyl (C=O) groups is 2. The van der Waals surface area contributed by atoms with E-state index in [1.54, 1.807) is 0 Å². The lowest BCUT2D eigenvalue weighted by molar-refractivity contribution is -0.136. The predicted molar refractivity (Wildman–Crippen MR) is 86.8 cm³/mol. The quantitative estimate of drug-likeness (QED) is 0.842. The third-order valence-electron chi connectivity index (χ3n) is 4.66. The molecule has 1 aromatic rings. The molecule has 0 radical (unpaired) electrons. The molecule has 0 N–H and O–H groups in total. The zero-order chi connectivity index (χ0) is 16.1. The predicted octanol–water partition coefficient (Wildman–Crippen LogP) is 1.33. The van der Waals surface area contributed by atoms with Crippen LogP contribution in [0.4, 0.5) is 0 Å². The molecule has 2 fully saturated rings. The molecule has 3 rings (SSSR count). The molecule has 2 aliphatic heterocycles. The number of morpholine rings is 1. The Bertz CT molecular complexity index is 540. The average molecular weight is 316 g/mol. The first kappa shape index (κ1) is 16.0. The van der Waals surface area contributed by atoms with E-state index in [-0.39, 0.29) is 11.8 Å². The minimum absolute atomic E-state index is 0.164. The molecular weight excluding hydrogens is 292 g/mol. The van der Waals surface area contributed by atoms with Crippen LogP contribution in [-0.2, 0) is 20.7 Å². The molecule has 124 valence electrons. The van der Waals surface area contributed by atoms with Crippen molar-refractivity contribution in [2.75, 3.05) is 39.4 Å². The maximum Gasteiger partial charge on any atom is 0.226 e. The first-order chi connectivity index (χ1) is 11.2. The lowest BCUT2D eigenvalue weighted by Crippen LogP contribution is -2.41. The number of benzene rings is 1. The molecule has 2 amide bonds. The van der Waals surface area contributed by atoms with Crippen molar-refractivity contribution in [3.63, 3.8) is 0 Å². The van der Waals surface area contributed by atoms with Crippen molar-refractivity contribution in [1.82, 2.24) is 9.80 Å². The summed E-state index contributed by atoms with van der Waals surface area (Å²) in [4.78, 5) is 28.4. The second-order valence-electron chi connectivity index (χ2n) is 6.35. The maximum atomic E-state index is 12.4. The number of carbonyl (C=O) groups excluding carboxylic acids is 2. The van der Waals surface area contributed by atoms with E-state index >= 15 is 0 Å². The highest BCUT2D eigenvalue weighted by Crippen LogP contribution is 2.21. The summed E-state index contributed by atoms with van der Waals surface area (Å²) in [5.41, 5.74) is 1.05. The van der Waals surface area contributed by atoms with Gasteiger partial charge in [0.1, 0.15) is 0 Å². The second kappa shape index (κ2) is 7.59. The highest BCUT2D eigenvalue weighted by Gasteiger charge is 2.29. The lowest BCUT2D eigenvalue weighted by Gasteiger charge is -2.27. The molecule has 1 unspecified atom stereocenters. The number of hydrogen-bond donors (Lipinski definition) is 0. The number of ether oxygens (including phenoxy) is 1. The molecule has 1 atom stereocenters. The summed E-state index contributed by atoms with van der Waals surface area (Å²) in [6, 6.07) is 9.82. The van der Waals surface area contributed by atoms with Gasteiger partial charge in [-0.25, -0.2) is 0 Å². The van der Waals surface area contributed by atoms with Gasteiger partial charge in [0, 0.05) is 32.6 Å². The van der Waals surface area contributed by atoms with Crippen molar-refractivity contribution < 1.29 is 14.3 Å². The lowest BCUT2D eigenvalue weighted by atomic mass is 10.0. The van der Waals surface area contributed by atoms with Gasteiger partial charge >= 0.3 is 0 Å². The number of likely N-dealkylation sites (tertiary alicyclic amines) is 1. The summed E-state index contributed by atoms with van der Waals surface area (Å²) >= 11 is 0. The number of nitrogens with zero attached hydrogens (tertiary/aromatic N) is 2. The number of hydrogen-bond acceptors (Lipinski definition) is 3. The van der Waals surface area contributed by atoms with Gasteiger partial charge in [-0.3, -0.25) is 9.59 Å². The van der Waals surface area contributed by atoms with Crippen molar-refractivity contribution in [3.8, 4) is 0 Å². The normalized spacial score (nSPS) is 21.5. The van der Waals surface area contributed by atoms with Crippen molar-refractivity contribution in [2.45, 2.75) is 19.3 Å². The smallest absolute Gasteiger partial charge is 0.226 e. The first-order valence-corrected chi connectivity index (χ1v) is 8.39. The van der Waals surface area contributed by atoms with Crippen LogP contribution in [0.15, 0.2) is 30.3 Å². The summed E-state index contributed by atoms with van der Waals surface area (Å²) in [5, 5.41) is 0. The van der Waals surface area contributed by atoms with Gasteiger partial charge in [0.25, 0.3) is 0 Å². The van der Waals surface area contributed by atoms with Gasteiger partial charge < -0.3 is 14.5 Å². The third kappa shape index (κ3) is 4.32. The van der Waals surface area contributed by atoms with Gasteiger partial charge in [-0.05, 0) is 17.9 Å². The van der Waals surface area contributed by atoms with E-state index in [4.69, 9.17) is 4.74 Å². The zero-order valence-corrected chi connectivity index (χ0v) is 13.4. The molecule has 5 heteroatoms. The molecule has 0 spiro atoms. The van der Waals surface area contributed by atoms with E-state index in [1.165, 1.54) is 0 Å². The van der Waals surface area contributed by atoms with Gasteiger partial charge in [-0.1, -0.05) is 30.3 Å². The van der Waals surface area contributed by atoms with Crippen molar-refractivity contribution in [1.29, 1.82) is 0 Å². The van der Waals surface area contributed by atoms with Crippen molar-refractivity contribution >= 4 is 11.8 Å². The van der Waals surface area contributed by atoms with Gasteiger partial charge in [0.15, 0.2) is 0 Å². The second-order valence-corrected chi connectivity index (χ2v) is 6.35. The molecule has 0 saturated carbocycles. The fourth-order valence-corrected chi connectivity index (χ4v) is 3.30. The van der Waals surface area contributed by atoms with Gasteiger partial charge in [0.05, 0.1) is 19.6 Å². The molecule has 0 aromatic heterocycles. The summed E-state index contributed by atoms with van der Waals surface area (Å²) in [6.07, 6.45) is 1.93. The topological polar surface area (TPSA) is 49.9 Å². The number of rotatable bonds is 4. The van der Waals surface area contributed by atoms with E-state index in [9.17, 15) is 9.59 Å². The Morgan fingerprint density at radius 3 is 2.48 bits per heavy atom.